The van der Waals surface area contributed by atoms with E-state index in [0.29, 0.717) is 0 Å². The van der Waals surface area contributed by atoms with Gasteiger partial charge in [0.15, 0.2) is 0 Å². The Bertz CT molecular complexity index is 768. The highest BCUT2D eigenvalue weighted by molar-refractivity contribution is 5.77. The molecule has 4 rings (SSSR count). The van der Waals surface area contributed by atoms with E-state index >= 15 is 0 Å². The second kappa shape index (κ2) is 5.82. The van der Waals surface area contributed by atoms with Crippen molar-refractivity contribution in [1.29, 1.82) is 0 Å². The van der Waals surface area contributed by atoms with Crippen LogP contribution < -0.4 is 0 Å². The third-order valence-electron chi connectivity index (χ3n) is 4.29. The molecule has 110 valence electrons. The zero-order valence-electron chi connectivity index (χ0n) is 12.5. The third-order valence-corrected chi connectivity index (χ3v) is 4.29. The zero-order chi connectivity index (χ0) is 14.8. The molecule has 0 N–H and O–H groups in total. The number of para-hydroxylation sites is 1. The summed E-state index contributed by atoms with van der Waals surface area (Å²) in [4.78, 5) is 2.43. The van der Waals surface area contributed by atoms with Crippen molar-refractivity contribution in [2.45, 2.75) is 13.0 Å². The smallest absolute Gasteiger partial charge is 0.134 e. The minimum atomic E-state index is 0.882. The Kier molecular flexibility index (Phi) is 3.53. The molecular weight excluding hydrogens is 270 g/mol. The lowest BCUT2D eigenvalue weighted by Gasteiger charge is -2.25. The molecule has 0 unspecified atom stereocenters. The summed E-state index contributed by atoms with van der Waals surface area (Å²) < 4.78 is 5.92. The number of nitrogens with zero attached hydrogens (tertiary/aromatic N) is 1. The maximum absolute atomic E-state index is 5.92. The van der Waals surface area contributed by atoms with E-state index in [1.807, 2.05) is 12.1 Å². The van der Waals surface area contributed by atoms with Crippen LogP contribution in [0.15, 0.2) is 71.2 Å². The maximum Gasteiger partial charge on any atom is 0.134 e. The Hall–Kier alpha value is -2.32. The first-order valence-electron chi connectivity index (χ1n) is 7.83. The lowest BCUT2D eigenvalue weighted by molar-refractivity contribution is 0.270. The molecule has 1 aliphatic rings. The Morgan fingerprint density at radius 3 is 2.55 bits per heavy atom. The van der Waals surface area contributed by atoms with Crippen molar-refractivity contribution in [3.8, 4) is 0 Å². The van der Waals surface area contributed by atoms with E-state index in [1.54, 1.807) is 0 Å². The number of furan rings is 1. The molecule has 3 aromatic rings. The quantitative estimate of drug-likeness (QED) is 0.693. The molecule has 0 aliphatic carbocycles. The van der Waals surface area contributed by atoms with Gasteiger partial charge in [0.05, 0.1) is 6.54 Å². The van der Waals surface area contributed by atoms with Gasteiger partial charge in [-0.1, -0.05) is 54.6 Å². The van der Waals surface area contributed by atoms with Gasteiger partial charge in [0, 0.05) is 18.5 Å². The predicted octanol–water partition coefficient (Wildman–Crippen LogP) is 4.72. The van der Waals surface area contributed by atoms with Crippen molar-refractivity contribution in [2.75, 3.05) is 13.1 Å². The van der Waals surface area contributed by atoms with Crippen LogP contribution in [0.25, 0.3) is 16.5 Å². The first-order chi connectivity index (χ1) is 10.9. The zero-order valence-corrected chi connectivity index (χ0v) is 12.5. The fourth-order valence-electron chi connectivity index (χ4n) is 3.10. The number of hydrogen-bond acceptors (Lipinski definition) is 2. The number of hydrogen-bond donors (Lipinski definition) is 0. The molecule has 2 nitrogen and oxygen atoms in total. The predicted molar refractivity (Wildman–Crippen MR) is 90.5 cm³/mol. The Morgan fingerprint density at radius 1 is 0.955 bits per heavy atom. The SMILES string of the molecule is C1=C(c2ccccc2)CCN(Cc2cc3ccccc3o2)C1. The maximum atomic E-state index is 5.92. The van der Waals surface area contributed by atoms with E-state index in [4.69, 9.17) is 4.42 Å². The summed E-state index contributed by atoms with van der Waals surface area (Å²) in [6, 6.07) is 21.0. The average Bonchev–Trinajstić information content (AvgIpc) is 2.98. The molecule has 22 heavy (non-hydrogen) atoms. The highest BCUT2D eigenvalue weighted by Crippen LogP contribution is 2.24. The van der Waals surface area contributed by atoms with Gasteiger partial charge in [-0.25, -0.2) is 0 Å². The highest BCUT2D eigenvalue weighted by Gasteiger charge is 2.14. The average molecular weight is 289 g/mol. The minimum absolute atomic E-state index is 0.882. The van der Waals surface area contributed by atoms with Gasteiger partial charge in [0.1, 0.15) is 11.3 Å². The van der Waals surface area contributed by atoms with Gasteiger partial charge >= 0.3 is 0 Å². The van der Waals surface area contributed by atoms with Gasteiger partial charge < -0.3 is 4.42 Å². The van der Waals surface area contributed by atoms with Crippen LogP contribution in [-0.2, 0) is 6.54 Å². The molecule has 0 saturated carbocycles. The second-order valence-corrected chi connectivity index (χ2v) is 5.83. The van der Waals surface area contributed by atoms with E-state index in [2.05, 4.69) is 59.5 Å². The van der Waals surface area contributed by atoms with Crippen LogP contribution in [0.2, 0.25) is 0 Å². The molecule has 0 fully saturated rings. The molecule has 2 heterocycles. The summed E-state index contributed by atoms with van der Waals surface area (Å²) in [5.74, 6) is 1.05. The highest BCUT2D eigenvalue weighted by atomic mass is 16.3. The number of benzene rings is 2. The molecule has 1 aliphatic heterocycles. The molecule has 0 saturated heterocycles. The van der Waals surface area contributed by atoms with Crippen molar-refractivity contribution >= 4 is 16.5 Å². The van der Waals surface area contributed by atoms with Crippen molar-refractivity contribution in [1.82, 2.24) is 4.90 Å². The normalized spacial score (nSPS) is 15.9. The molecule has 0 atom stereocenters. The fourth-order valence-corrected chi connectivity index (χ4v) is 3.10. The molecule has 1 aromatic heterocycles. The van der Waals surface area contributed by atoms with Crippen molar-refractivity contribution in [2.24, 2.45) is 0 Å². The summed E-state index contributed by atoms with van der Waals surface area (Å²) in [5, 5.41) is 1.19. The van der Waals surface area contributed by atoms with Gasteiger partial charge in [-0.3, -0.25) is 4.90 Å². The van der Waals surface area contributed by atoms with E-state index in [9.17, 15) is 0 Å². The van der Waals surface area contributed by atoms with Gasteiger partial charge in [0.25, 0.3) is 0 Å². The standard InChI is InChI=1S/C20H19NO/c1-2-6-16(7-3-1)17-10-12-21(13-11-17)15-19-14-18-8-4-5-9-20(18)22-19/h1-10,14H,11-13,15H2. The Morgan fingerprint density at radius 2 is 1.77 bits per heavy atom. The summed E-state index contributed by atoms with van der Waals surface area (Å²) >= 11 is 0. The fraction of sp³-hybridized carbons (Fsp3) is 0.200. The van der Waals surface area contributed by atoms with Gasteiger partial charge in [-0.15, -0.1) is 0 Å². The summed E-state index contributed by atoms with van der Waals surface area (Å²) in [7, 11) is 0. The van der Waals surface area contributed by atoms with Crippen LogP contribution in [0.5, 0.6) is 0 Å². The van der Waals surface area contributed by atoms with E-state index in [-0.39, 0.29) is 0 Å². The summed E-state index contributed by atoms with van der Waals surface area (Å²) in [6.45, 7) is 2.95. The van der Waals surface area contributed by atoms with Crippen LogP contribution in [0.3, 0.4) is 0 Å². The Balaban J connectivity index is 1.46. The molecular formula is C20H19NO. The molecule has 0 amide bonds. The monoisotopic (exact) mass is 289 g/mol. The summed E-state index contributed by atoms with van der Waals surface area (Å²) in [5.41, 5.74) is 3.79. The van der Waals surface area contributed by atoms with Crippen molar-refractivity contribution < 1.29 is 4.42 Å². The lowest BCUT2D eigenvalue weighted by Crippen LogP contribution is -2.27. The molecule has 0 bridgehead atoms. The molecule has 2 aromatic carbocycles. The summed E-state index contributed by atoms with van der Waals surface area (Å²) in [6.07, 6.45) is 3.45. The van der Waals surface area contributed by atoms with Crippen molar-refractivity contribution in [3.63, 3.8) is 0 Å². The topological polar surface area (TPSA) is 16.4 Å². The molecule has 0 spiro atoms. The van der Waals surface area contributed by atoms with Crippen LogP contribution in [0, 0.1) is 0 Å². The molecule has 2 heteroatoms. The minimum Gasteiger partial charge on any atom is -0.460 e. The van der Waals surface area contributed by atoms with Gasteiger partial charge in [-0.2, -0.15) is 0 Å². The van der Waals surface area contributed by atoms with Gasteiger partial charge in [0.2, 0.25) is 0 Å². The van der Waals surface area contributed by atoms with Crippen LogP contribution in [0.4, 0.5) is 0 Å². The molecule has 0 radical (unpaired) electrons. The van der Waals surface area contributed by atoms with E-state index in [0.717, 1.165) is 37.4 Å². The Labute approximate surface area is 130 Å². The third kappa shape index (κ3) is 2.70. The first-order valence-corrected chi connectivity index (χ1v) is 7.83. The van der Waals surface area contributed by atoms with Crippen LogP contribution >= 0.6 is 0 Å². The van der Waals surface area contributed by atoms with E-state index in [1.165, 1.54) is 16.5 Å². The largest absolute Gasteiger partial charge is 0.460 e. The first kappa shape index (κ1) is 13.4. The lowest BCUT2D eigenvalue weighted by atomic mass is 9.99. The number of fused-ring (bicyclic) bond motifs is 1. The van der Waals surface area contributed by atoms with Crippen molar-refractivity contribution in [3.05, 3.63) is 78.1 Å². The van der Waals surface area contributed by atoms with E-state index < -0.39 is 0 Å². The second-order valence-electron chi connectivity index (χ2n) is 5.83. The number of rotatable bonds is 3. The van der Waals surface area contributed by atoms with Crippen LogP contribution in [0.1, 0.15) is 17.7 Å². The van der Waals surface area contributed by atoms with Crippen LogP contribution in [-0.4, -0.2) is 18.0 Å². The van der Waals surface area contributed by atoms with Gasteiger partial charge in [-0.05, 0) is 29.7 Å².